The van der Waals surface area contributed by atoms with Crippen LogP contribution in [0, 0.1) is 6.92 Å². The number of hydrogen-bond acceptors (Lipinski definition) is 3. The van der Waals surface area contributed by atoms with Crippen LogP contribution < -0.4 is 10.9 Å². The number of aliphatic imine (C=N–C) groups is 1. The van der Waals surface area contributed by atoms with Crippen LogP contribution in [0.25, 0.3) is 0 Å². The van der Waals surface area contributed by atoms with Gasteiger partial charge in [0.05, 0.1) is 11.4 Å². The molecule has 0 aliphatic heterocycles. The standard InChI is InChI=1S/C16H16ClN3O/c1-11-6-8-14(9-7-11)19-20-16(12(2)21)18-15-5-3-4-13(17)10-15/h3-10,19H,1-2H3,(H,18,20). The summed E-state index contributed by atoms with van der Waals surface area (Å²) >= 11 is 5.91. The van der Waals surface area contributed by atoms with E-state index in [4.69, 9.17) is 11.6 Å². The second-order valence-corrected chi connectivity index (χ2v) is 5.05. The highest BCUT2D eigenvalue weighted by Gasteiger charge is 2.05. The molecule has 0 unspecified atom stereocenters. The fourth-order valence-corrected chi connectivity index (χ4v) is 1.82. The molecule has 0 aromatic heterocycles. The average Bonchev–Trinajstić information content (AvgIpc) is 2.45. The van der Waals surface area contributed by atoms with Crippen molar-refractivity contribution in [3.05, 3.63) is 59.1 Å². The van der Waals surface area contributed by atoms with E-state index in [-0.39, 0.29) is 11.6 Å². The van der Waals surface area contributed by atoms with Crippen LogP contribution in [-0.4, -0.2) is 11.6 Å². The normalized spacial score (nSPS) is 11.1. The van der Waals surface area contributed by atoms with Gasteiger partial charge in [0.1, 0.15) is 0 Å². The lowest BCUT2D eigenvalue weighted by atomic mass is 10.2. The lowest BCUT2D eigenvalue weighted by molar-refractivity contribution is -0.111. The highest BCUT2D eigenvalue weighted by Crippen LogP contribution is 2.18. The number of hydrogen-bond donors (Lipinski definition) is 2. The van der Waals surface area contributed by atoms with E-state index in [1.54, 1.807) is 24.3 Å². The van der Waals surface area contributed by atoms with Crippen molar-refractivity contribution in [3.8, 4) is 0 Å². The van der Waals surface area contributed by atoms with Crippen LogP contribution in [-0.2, 0) is 4.79 Å². The molecular formula is C16H16ClN3O. The van der Waals surface area contributed by atoms with Crippen LogP contribution in [0.5, 0.6) is 0 Å². The first-order valence-corrected chi connectivity index (χ1v) is 6.86. The minimum Gasteiger partial charge on any atom is -0.300 e. The van der Waals surface area contributed by atoms with Gasteiger partial charge in [0.25, 0.3) is 0 Å². The van der Waals surface area contributed by atoms with Crippen LogP contribution in [0.4, 0.5) is 11.4 Å². The van der Waals surface area contributed by atoms with Crippen molar-refractivity contribution in [2.45, 2.75) is 13.8 Å². The smallest absolute Gasteiger partial charge is 0.196 e. The van der Waals surface area contributed by atoms with Gasteiger partial charge in [-0.2, -0.15) is 0 Å². The summed E-state index contributed by atoms with van der Waals surface area (Å²) in [7, 11) is 0. The van der Waals surface area contributed by atoms with Crippen molar-refractivity contribution in [2.75, 3.05) is 5.43 Å². The quantitative estimate of drug-likeness (QED) is 0.512. The number of carbonyl (C=O) groups is 1. The summed E-state index contributed by atoms with van der Waals surface area (Å²) < 4.78 is 0. The maximum atomic E-state index is 11.6. The van der Waals surface area contributed by atoms with E-state index in [0.29, 0.717) is 10.7 Å². The Morgan fingerprint density at radius 2 is 1.86 bits per heavy atom. The monoisotopic (exact) mass is 301 g/mol. The number of nitrogens with zero attached hydrogens (tertiary/aromatic N) is 1. The highest BCUT2D eigenvalue weighted by molar-refractivity contribution is 6.38. The minimum atomic E-state index is -0.172. The molecule has 0 heterocycles. The molecule has 2 aromatic rings. The Labute approximate surface area is 128 Å². The average molecular weight is 302 g/mol. The number of Topliss-reactive ketones (excluding diaryl/α,β-unsaturated/α-hetero) is 1. The van der Waals surface area contributed by atoms with Gasteiger partial charge in [0.15, 0.2) is 11.6 Å². The van der Waals surface area contributed by atoms with Gasteiger partial charge in [-0.15, -0.1) is 0 Å². The van der Waals surface area contributed by atoms with Crippen molar-refractivity contribution < 1.29 is 4.79 Å². The van der Waals surface area contributed by atoms with Gasteiger partial charge in [-0.1, -0.05) is 35.4 Å². The lowest BCUT2D eigenvalue weighted by Crippen LogP contribution is -2.34. The predicted octanol–water partition coefficient (Wildman–Crippen LogP) is 3.88. The van der Waals surface area contributed by atoms with Crippen LogP contribution in [0.2, 0.25) is 5.02 Å². The first kappa shape index (κ1) is 15.1. The number of nitrogens with one attached hydrogen (secondary N) is 2. The van der Waals surface area contributed by atoms with E-state index < -0.39 is 0 Å². The molecular weight excluding hydrogens is 286 g/mol. The van der Waals surface area contributed by atoms with Gasteiger partial charge in [0, 0.05) is 11.9 Å². The van der Waals surface area contributed by atoms with E-state index in [2.05, 4.69) is 15.8 Å². The number of hydrazine groups is 1. The first-order valence-electron chi connectivity index (χ1n) is 6.48. The second-order valence-electron chi connectivity index (χ2n) is 4.61. The molecule has 4 nitrogen and oxygen atoms in total. The third kappa shape index (κ3) is 4.61. The Morgan fingerprint density at radius 1 is 1.14 bits per heavy atom. The zero-order chi connectivity index (χ0) is 15.2. The molecule has 0 radical (unpaired) electrons. The van der Waals surface area contributed by atoms with Gasteiger partial charge in [-0.25, -0.2) is 4.99 Å². The molecule has 108 valence electrons. The van der Waals surface area contributed by atoms with Gasteiger partial charge in [-0.05, 0) is 37.3 Å². The van der Waals surface area contributed by atoms with Gasteiger partial charge >= 0.3 is 0 Å². The molecule has 0 saturated heterocycles. The molecule has 2 aromatic carbocycles. The van der Waals surface area contributed by atoms with Gasteiger partial charge in [0.2, 0.25) is 0 Å². The Bertz CT molecular complexity index is 665. The van der Waals surface area contributed by atoms with E-state index in [1.165, 1.54) is 12.5 Å². The molecule has 0 amide bonds. The SMILES string of the molecule is CC(=O)C(=Nc1cccc(Cl)c1)NNc1ccc(C)cc1. The largest absolute Gasteiger partial charge is 0.300 e. The van der Waals surface area contributed by atoms with E-state index in [1.807, 2.05) is 31.2 Å². The fraction of sp³-hybridized carbons (Fsp3) is 0.125. The Kier molecular flexibility index (Phi) is 4.95. The van der Waals surface area contributed by atoms with Crippen LogP contribution in [0.3, 0.4) is 0 Å². The molecule has 0 bridgehead atoms. The van der Waals surface area contributed by atoms with E-state index in [9.17, 15) is 4.79 Å². The third-order valence-corrected chi connectivity index (χ3v) is 2.99. The summed E-state index contributed by atoms with van der Waals surface area (Å²) in [6, 6.07) is 14.8. The number of benzene rings is 2. The molecule has 0 aliphatic carbocycles. The predicted molar refractivity (Wildman–Crippen MR) is 87.2 cm³/mol. The first-order chi connectivity index (χ1) is 10.0. The number of rotatable bonds is 4. The second kappa shape index (κ2) is 6.90. The molecule has 2 N–H and O–H groups in total. The molecule has 0 aliphatic rings. The topological polar surface area (TPSA) is 53.5 Å². The zero-order valence-corrected chi connectivity index (χ0v) is 12.6. The van der Waals surface area contributed by atoms with Crippen LogP contribution in [0.1, 0.15) is 12.5 Å². The van der Waals surface area contributed by atoms with Gasteiger partial charge < -0.3 is 0 Å². The fourth-order valence-electron chi connectivity index (χ4n) is 1.64. The van der Waals surface area contributed by atoms with Crippen molar-refractivity contribution >= 4 is 34.6 Å². The zero-order valence-electron chi connectivity index (χ0n) is 11.9. The third-order valence-electron chi connectivity index (χ3n) is 2.76. The molecule has 21 heavy (non-hydrogen) atoms. The number of ketones is 1. The summed E-state index contributed by atoms with van der Waals surface area (Å²) in [4.78, 5) is 15.9. The summed E-state index contributed by atoms with van der Waals surface area (Å²) in [6.45, 7) is 3.46. The Morgan fingerprint density at radius 3 is 2.48 bits per heavy atom. The highest BCUT2D eigenvalue weighted by atomic mass is 35.5. The molecule has 5 heteroatoms. The van der Waals surface area contributed by atoms with Crippen molar-refractivity contribution in [3.63, 3.8) is 0 Å². The van der Waals surface area contributed by atoms with Crippen molar-refractivity contribution in [1.29, 1.82) is 0 Å². The van der Waals surface area contributed by atoms with Crippen LogP contribution >= 0.6 is 11.6 Å². The van der Waals surface area contributed by atoms with E-state index >= 15 is 0 Å². The molecule has 0 atom stereocenters. The number of halogens is 1. The van der Waals surface area contributed by atoms with Gasteiger partial charge in [-0.3, -0.25) is 15.6 Å². The number of aryl methyl sites for hydroxylation is 1. The number of amidine groups is 1. The molecule has 0 spiro atoms. The van der Waals surface area contributed by atoms with E-state index in [0.717, 1.165) is 5.69 Å². The Hall–Kier alpha value is -2.33. The summed E-state index contributed by atoms with van der Waals surface area (Å²) in [5.41, 5.74) is 8.41. The summed E-state index contributed by atoms with van der Waals surface area (Å²) in [5, 5.41) is 0.575. The van der Waals surface area contributed by atoms with Crippen molar-refractivity contribution in [1.82, 2.24) is 5.43 Å². The van der Waals surface area contributed by atoms with Crippen LogP contribution in [0.15, 0.2) is 53.5 Å². The lowest BCUT2D eigenvalue weighted by Gasteiger charge is -2.10. The summed E-state index contributed by atoms with van der Waals surface area (Å²) in [5.74, 6) is 0.0485. The number of anilines is 1. The Balaban J connectivity index is 2.12. The maximum absolute atomic E-state index is 11.6. The maximum Gasteiger partial charge on any atom is 0.196 e. The molecule has 2 rings (SSSR count). The molecule has 0 fully saturated rings. The minimum absolute atomic E-state index is 0.172. The van der Waals surface area contributed by atoms with Crippen molar-refractivity contribution in [2.24, 2.45) is 4.99 Å². The summed E-state index contributed by atoms with van der Waals surface area (Å²) in [6.07, 6.45) is 0. The molecule has 0 saturated carbocycles. The number of carbonyl (C=O) groups excluding carboxylic acids is 1.